The Kier molecular flexibility index (Phi) is 4.35. The van der Waals surface area contributed by atoms with Crippen LogP contribution >= 0.6 is 23.2 Å². The Morgan fingerprint density at radius 2 is 1.61 bits per heavy atom. The molecular formula is C25H20Cl2O. The van der Waals surface area contributed by atoms with Crippen molar-refractivity contribution >= 4 is 34.3 Å². The van der Waals surface area contributed by atoms with Gasteiger partial charge in [-0.3, -0.25) is 0 Å². The molecule has 0 heterocycles. The highest BCUT2D eigenvalue weighted by Gasteiger charge is 2.45. The number of alkyl halides is 1. The molecule has 0 spiro atoms. The second kappa shape index (κ2) is 6.77. The molecule has 0 bridgehead atoms. The summed E-state index contributed by atoms with van der Waals surface area (Å²) < 4.78 is 0. The Morgan fingerprint density at radius 1 is 0.929 bits per heavy atom. The average Bonchev–Trinajstić information content (AvgIpc) is 2.99. The maximum absolute atomic E-state index is 12.2. The maximum Gasteiger partial charge on any atom is 0.142 e. The molecule has 140 valence electrons. The molecule has 2 unspecified atom stereocenters. The topological polar surface area (TPSA) is 20.2 Å². The first-order valence-corrected chi connectivity index (χ1v) is 10.5. The first-order valence-electron chi connectivity index (χ1n) is 9.64. The largest absolute Gasteiger partial charge is 0.376 e. The van der Waals surface area contributed by atoms with E-state index in [1.54, 1.807) is 0 Å². The summed E-state index contributed by atoms with van der Waals surface area (Å²) in [6.45, 7) is 0. The molecule has 3 heteroatoms. The monoisotopic (exact) mass is 406 g/mol. The van der Waals surface area contributed by atoms with Crippen LogP contribution in [0.5, 0.6) is 0 Å². The van der Waals surface area contributed by atoms with E-state index in [1.165, 1.54) is 5.57 Å². The van der Waals surface area contributed by atoms with Crippen LogP contribution in [0.15, 0.2) is 83.4 Å². The van der Waals surface area contributed by atoms with Crippen molar-refractivity contribution in [1.82, 2.24) is 0 Å². The molecule has 5 rings (SSSR count). The first kappa shape index (κ1) is 18.0. The van der Waals surface area contributed by atoms with Crippen LogP contribution in [0.4, 0.5) is 0 Å². The van der Waals surface area contributed by atoms with Crippen molar-refractivity contribution in [3.63, 3.8) is 0 Å². The molecule has 2 atom stereocenters. The van der Waals surface area contributed by atoms with Crippen LogP contribution in [-0.2, 0) is 5.60 Å². The molecule has 1 nitrogen and oxygen atoms in total. The predicted molar refractivity (Wildman–Crippen MR) is 117 cm³/mol. The van der Waals surface area contributed by atoms with Crippen molar-refractivity contribution in [2.75, 3.05) is 0 Å². The highest BCUT2D eigenvalue weighted by molar-refractivity contribution is 6.34. The summed E-state index contributed by atoms with van der Waals surface area (Å²) in [7, 11) is 0. The maximum atomic E-state index is 12.2. The summed E-state index contributed by atoms with van der Waals surface area (Å²) >= 11 is 12.9. The third-order valence-electron chi connectivity index (χ3n) is 5.95. The van der Waals surface area contributed by atoms with Gasteiger partial charge in [-0.1, -0.05) is 84.4 Å². The van der Waals surface area contributed by atoms with E-state index >= 15 is 0 Å². The molecule has 0 aliphatic heterocycles. The Morgan fingerprint density at radius 3 is 2.36 bits per heavy atom. The van der Waals surface area contributed by atoms with Gasteiger partial charge >= 0.3 is 0 Å². The van der Waals surface area contributed by atoms with Gasteiger partial charge in [0.25, 0.3) is 0 Å². The quantitative estimate of drug-likeness (QED) is 0.559. The third-order valence-corrected chi connectivity index (χ3v) is 6.61. The minimum atomic E-state index is -1.19. The number of rotatable bonds is 2. The molecule has 28 heavy (non-hydrogen) atoms. The van der Waals surface area contributed by atoms with E-state index < -0.39 is 5.60 Å². The zero-order chi connectivity index (χ0) is 19.3. The molecule has 2 aromatic carbocycles. The summed E-state index contributed by atoms with van der Waals surface area (Å²) in [5.74, 6) is 0. The number of aliphatic hydroxyl groups is 1. The average molecular weight is 407 g/mol. The molecular weight excluding hydrogens is 387 g/mol. The highest BCUT2D eigenvalue weighted by Crippen LogP contribution is 2.53. The molecule has 0 saturated heterocycles. The third kappa shape index (κ3) is 2.58. The van der Waals surface area contributed by atoms with Crippen LogP contribution in [0.25, 0.3) is 11.1 Å². The molecule has 0 aromatic heterocycles. The van der Waals surface area contributed by atoms with E-state index in [2.05, 4.69) is 18.2 Å². The molecule has 0 radical (unpaired) electrons. The number of benzene rings is 2. The van der Waals surface area contributed by atoms with Crippen LogP contribution < -0.4 is 0 Å². The Hall–Kier alpha value is -2.06. The van der Waals surface area contributed by atoms with Gasteiger partial charge in [-0.25, -0.2) is 0 Å². The zero-order valence-electron chi connectivity index (χ0n) is 15.3. The van der Waals surface area contributed by atoms with Gasteiger partial charge in [-0.15, -0.1) is 11.6 Å². The number of allylic oxidation sites excluding steroid dienone is 6. The minimum Gasteiger partial charge on any atom is -0.376 e. The molecule has 3 aliphatic carbocycles. The van der Waals surface area contributed by atoms with E-state index in [0.717, 1.165) is 51.3 Å². The van der Waals surface area contributed by atoms with Crippen LogP contribution in [0.1, 0.15) is 41.5 Å². The first-order chi connectivity index (χ1) is 13.6. The summed E-state index contributed by atoms with van der Waals surface area (Å²) in [5, 5.41) is 12.9. The van der Waals surface area contributed by atoms with E-state index in [0.29, 0.717) is 6.42 Å². The second-order valence-electron chi connectivity index (χ2n) is 7.53. The fourth-order valence-corrected chi connectivity index (χ4v) is 5.33. The van der Waals surface area contributed by atoms with Gasteiger partial charge in [0, 0.05) is 22.6 Å². The number of hydrogen-bond donors (Lipinski definition) is 1. The summed E-state index contributed by atoms with van der Waals surface area (Å²) in [6, 6.07) is 16.2. The Labute approximate surface area is 175 Å². The van der Waals surface area contributed by atoms with Crippen molar-refractivity contribution in [2.45, 2.75) is 30.2 Å². The highest BCUT2D eigenvalue weighted by atomic mass is 35.5. The van der Waals surface area contributed by atoms with Gasteiger partial charge in [0.1, 0.15) is 5.60 Å². The fourth-order valence-electron chi connectivity index (χ4n) is 4.69. The smallest absolute Gasteiger partial charge is 0.142 e. The van der Waals surface area contributed by atoms with E-state index in [1.807, 2.05) is 54.6 Å². The van der Waals surface area contributed by atoms with Gasteiger partial charge in [0.2, 0.25) is 0 Å². The lowest BCUT2D eigenvalue weighted by Gasteiger charge is -2.31. The molecule has 0 amide bonds. The lowest BCUT2D eigenvalue weighted by atomic mass is 9.78. The van der Waals surface area contributed by atoms with Crippen molar-refractivity contribution in [3.8, 4) is 0 Å². The van der Waals surface area contributed by atoms with Gasteiger partial charge in [0.05, 0.1) is 5.38 Å². The Bertz CT molecular complexity index is 1090. The van der Waals surface area contributed by atoms with E-state index in [4.69, 9.17) is 23.2 Å². The molecule has 0 saturated carbocycles. The van der Waals surface area contributed by atoms with Crippen molar-refractivity contribution < 1.29 is 5.11 Å². The van der Waals surface area contributed by atoms with Gasteiger partial charge in [-0.05, 0) is 40.7 Å². The predicted octanol–water partition coefficient (Wildman–Crippen LogP) is 6.56. The summed E-state index contributed by atoms with van der Waals surface area (Å²) in [4.78, 5) is 0. The Balaban J connectivity index is 1.77. The molecule has 2 aromatic rings. The van der Waals surface area contributed by atoms with Gasteiger partial charge in [-0.2, -0.15) is 0 Å². The van der Waals surface area contributed by atoms with E-state index in [9.17, 15) is 5.11 Å². The van der Waals surface area contributed by atoms with Crippen LogP contribution in [0.3, 0.4) is 0 Å². The van der Waals surface area contributed by atoms with Crippen molar-refractivity contribution in [3.05, 3.63) is 106 Å². The standard InChI is InChI=1S/C25H20Cl2O/c26-16-13-14-20(24(27)15-16)19-9-3-6-12-23(19)25(28)21-10-4-1-7-17(21)18-8-2-5-11-22(18)25/h1,3-7,9-14,16,28H,2,8,15H2. The SMILES string of the molecule is OC1(c2ccccc2C2=C(Cl)CC(Cl)C=C2)C2=C(CCC=C2)c2ccccc21. The number of hydrogen-bond acceptors (Lipinski definition) is 1. The normalized spacial score (nSPS) is 25.9. The lowest BCUT2D eigenvalue weighted by Crippen LogP contribution is -2.28. The fraction of sp³-hybridized carbons (Fsp3) is 0.200. The van der Waals surface area contributed by atoms with Crippen LogP contribution in [0.2, 0.25) is 0 Å². The van der Waals surface area contributed by atoms with E-state index in [-0.39, 0.29) is 5.38 Å². The van der Waals surface area contributed by atoms with Crippen LogP contribution in [-0.4, -0.2) is 10.5 Å². The number of halogens is 2. The number of fused-ring (bicyclic) bond motifs is 2. The minimum absolute atomic E-state index is 0.0886. The zero-order valence-corrected chi connectivity index (χ0v) is 16.8. The summed E-state index contributed by atoms with van der Waals surface area (Å²) in [6.07, 6.45) is 10.8. The molecule has 0 fully saturated rings. The summed E-state index contributed by atoms with van der Waals surface area (Å²) in [5.41, 5.74) is 5.91. The van der Waals surface area contributed by atoms with Gasteiger partial charge < -0.3 is 5.11 Å². The van der Waals surface area contributed by atoms with Crippen molar-refractivity contribution in [2.24, 2.45) is 0 Å². The second-order valence-corrected chi connectivity index (χ2v) is 8.55. The molecule has 1 N–H and O–H groups in total. The van der Waals surface area contributed by atoms with Crippen molar-refractivity contribution in [1.29, 1.82) is 0 Å². The van der Waals surface area contributed by atoms with Crippen LogP contribution in [0, 0.1) is 0 Å². The molecule has 3 aliphatic rings. The lowest BCUT2D eigenvalue weighted by molar-refractivity contribution is 0.128. The van der Waals surface area contributed by atoms with Gasteiger partial charge in [0.15, 0.2) is 0 Å².